The number of aryl methyl sites for hydroxylation is 1. The summed E-state index contributed by atoms with van der Waals surface area (Å²) in [7, 11) is 1.32. The molecule has 0 heterocycles. The molecule has 33 heavy (non-hydrogen) atoms. The summed E-state index contributed by atoms with van der Waals surface area (Å²) in [5, 5.41) is 7.25. The minimum Gasteiger partial charge on any atom is -0.493 e. The molecular weight excluding hydrogens is 437 g/mol. The molecule has 0 fully saturated rings. The summed E-state index contributed by atoms with van der Waals surface area (Å²) in [4.78, 5) is 24.4. The molecule has 3 aromatic carbocycles. The number of methoxy groups -OCH3 is 1. The van der Waals surface area contributed by atoms with Crippen molar-refractivity contribution in [2.75, 3.05) is 25.6 Å². The Labute approximate surface area is 188 Å². The maximum Gasteiger partial charge on any atom is 0.422 e. The average molecular weight is 460 g/mol. The highest BCUT2D eigenvalue weighted by atomic mass is 19.4. The van der Waals surface area contributed by atoms with Crippen LogP contribution in [0, 0.1) is 0 Å². The van der Waals surface area contributed by atoms with Gasteiger partial charge in [-0.05, 0) is 35.6 Å². The fraction of sp³-hybridized carbons (Fsp3) is 0.250. The zero-order valence-corrected chi connectivity index (χ0v) is 17.9. The van der Waals surface area contributed by atoms with E-state index in [0.717, 1.165) is 10.8 Å². The van der Waals surface area contributed by atoms with Crippen LogP contribution in [0.15, 0.2) is 60.7 Å². The quantitative estimate of drug-likeness (QED) is 0.494. The number of rotatable bonds is 9. The molecule has 9 heteroatoms. The number of amides is 2. The van der Waals surface area contributed by atoms with Crippen molar-refractivity contribution in [3.05, 3.63) is 66.2 Å². The second-order valence-corrected chi connectivity index (χ2v) is 7.24. The molecule has 2 N–H and O–H groups in total. The lowest BCUT2D eigenvalue weighted by Crippen LogP contribution is -2.33. The van der Waals surface area contributed by atoms with Crippen molar-refractivity contribution in [3.63, 3.8) is 0 Å². The third-order valence-electron chi connectivity index (χ3n) is 4.77. The van der Waals surface area contributed by atoms with E-state index in [1.54, 1.807) is 12.1 Å². The fourth-order valence-corrected chi connectivity index (χ4v) is 3.20. The Morgan fingerprint density at radius 3 is 2.45 bits per heavy atom. The molecule has 0 aliphatic heterocycles. The summed E-state index contributed by atoms with van der Waals surface area (Å²) in [6.07, 6.45) is -4.05. The van der Waals surface area contributed by atoms with Crippen molar-refractivity contribution in [1.29, 1.82) is 0 Å². The third-order valence-corrected chi connectivity index (χ3v) is 4.77. The van der Waals surface area contributed by atoms with Crippen LogP contribution in [0.1, 0.15) is 12.0 Å². The van der Waals surface area contributed by atoms with E-state index in [9.17, 15) is 22.8 Å². The molecule has 2 amide bonds. The number of carbonyl (C=O) groups is 2. The first-order valence-electron chi connectivity index (χ1n) is 10.2. The van der Waals surface area contributed by atoms with Crippen molar-refractivity contribution in [1.82, 2.24) is 5.32 Å². The van der Waals surface area contributed by atoms with Crippen molar-refractivity contribution >= 4 is 28.3 Å². The monoisotopic (exact) mass is 460 g/mol. The van der Waals surface area contributed by atoms with E-state index in [1.807, 2.05) is 36.4 Å². The van der Waals surface area contributed by atoms with Crippen LogP contribution in [0.25, 0.3) is 10.8 Å². The van der Waals surface area contributed by atoms with Crippen LogP contribution in [0.3, 0.4) is 0 Å². The lowest BCUT2D eigenvalue weighted by Gasteiger charge is -2.13. The van der Waals surface area contributed by atoms with Gasteiger partial charge in [-0.1, -0.05) is 42.5 Å². The maximum atomic E-state index is 12.3. The largest absolute Gasteiger partial charge is 0.493 e. The van der Waals surface area contributed by atoms with Gasteiger partial charge in [-0.3, -0.25) is 9.59 Å². The highest BCUT2D eigenvalue weighted by molar-refractivity contribution is 6.03. The first-order valence-corrected chi connectivity index (χ1v) is 10.2. The number of fused-ring (bicyclic) bond motifs is 1. The molecular formula is C24H23F3N2O4. The molecule has 0 unspecified atom stereocenters. The average Bonchev–Trinajstić information content (AvgIpc) is 2.80. The van der Waals surface area contributed by atoms with E-state index in [-0.39, 0.29) is 36.3 Å². The number of hydrogen-bond donors (Lipinski definition) is 2. The minimum atomic E-state index is -4.46. The summed E-state index contributed by atoms with van der Waals surface area (Å²) in [6, 6.07) is 17.7. The molecule has 0 radical (unpaired) electrons. The van der Waals surface area contributed by atoms with Crippen molar-refractivity contribution in [2.24, 2.45) is 0 Å². The smallest absolute Gasteiger partial charge is 0.422 e. The number of anilines is 1. The molecule has 0 atom stereocenters. The predicted molar refractivity (Wildman–Crippen MR) is 118 cm³/mol. The van der Waals surface area contributed by atoms with Gasteiger partial charge in [-0.15, -0.1) is 0 Å². The number of carbonyl (C=O) groups excluding carboxylic acids is 2. The molecule has 0 bridgehead atoms. The van der Waals surface area contributed by atoms with E-state index in [2.05, 4.69) is 10.6 Å². The Balaban J connectivity index is 1.48. The third kappa shape index (κ3) is 7.13. The Kier molecular flexibility index (Phi) is 7.76. The van der Waals surface area contributed by atoms with Gasteiger partial charge in [0, 0.05) is 17.5 Å². The van der Waals surface area contributed by atoms with Crippen LogP contribution < -0.4 is 20.1 Å². The molecule has 0 aromatic heterocycles. The van der Waals surface area contributed by atoms with Gasteiger partial charge in [-0.2, -0.15) is 13.2 Å². The van der Waals surface area contributed by atoms with Crippen LogP contribution >= 0.6 is 0 Å². The first-order chi connectivity index (χ1) is 15.7. The zero-order chi connectivity index (χ0) is 23.8. The maximum absolute atomic E-state index is 12.3. The van der Waals surface area contributed by atoms with Gasteiger partial charge in [-0.25, -0.2) is 0 Å². The van der Waals surface area contributed by atoms with E-state index >= 15 is 0 Å². The van der Waals surface area contributed by atoms with Crippen LogP contribution in [0.4, 0.5) is 18.9 Å². The number of benzene rings is 3. The molecule has 0 saturated carbocycles. The second kappa shape index (κ2) is 10.7. The predicted octanol–water partition coefficient (Wildman–Crippen LogP) is 4.48. The first kappa shape index (κ1) is 23.9. The van der Waals surface area contributed by atoms with Crippen molar-refractivity contribution < 1.29 is 32.2 Å². The lowest BCUT2D eigenvalue weighted by molar-refractivity contribution is -0.153. The van der Waals surface area contributed by atoms with Crippen molar-refractivity contribution in [3.8, 4) is 11.5 Å². The van der Waals surface area contributed by atoms with Crippen LogP contribution in [-0.4, -0.2) is 38.3 Å². The fourth-order valence-electron chi connectivity index (χ4n) is 3.20. The lowest BCUT2D eigenvalue weighted by atomic mass is 10.1. The Bertz CT molecular complexity index is 1130. The number of alkyl halides is 3. The summed E-state index contributed by atoms with van der Waals surface area (Å²) < 4.78 is 46.9. The number of ether oxygens (including phenoxy) is 2. The summed E-state index contributed by atoms with van der Waals surface area (Å²) in [5.41, 5.74) is 1.34. The molecule has 0 saturated heterocycles. The van der Waals surface area contributed by atoms with E-state index in [1.165, 1.54) is 19.2 Å². The summed E-state index contributed by atoms with van der Waals surface area (Å²) in [6.45, 7) is -1.61. The SMILES string of the molecule is COc1cc(CCC(=O)NCC(=O)Nc2cccc3ccccc23)ccc1OCC(F)(F)F. The van der Waals surface area contributed by atoms with Gasteiger partial charge in [0.1, 0.15) is 0 Å². The molecule has 6 nitrogen and oxygen atoms in total. The van der Waals surface area contributed by atoms with Gasteiger partial charge < -0.3 is 20.1 Å². The number of nitrogens with one attached hydrogen (secondary N) is 2. The van der Waals surface area contributed by atoms with Crippen LogP contribution in [-0.2, 0) is 16.0 Å². The molecule has 0 aliphatic rings. The number of halogens is 3. The summed E-state index contributed by atoms with van der Waals surface area (Å²) >= 11 is 0. The van der Waals surface area contributed by atoms with Gasteiger partial charge >= 0.3 is 6.18 Å². The molecule has 0 aliphatic carbocycles. The van der Waals surface area contributed by atoms with Crippen LogP contribution in [0.2, 0.25) is 0 Å². The second-order valence-electron chi connectivity index (χ2n) is 7.24. The minimum absolute atomic E-state index is 0.0341. The van der Waals surface area contributed by atoms with Crippen LogP contribution in [0.5, 0.6) is 11.5 Å². The highest BCUT2D eigenvalue weighted by Crippen LogP contribution is 2.30. The van der Waals surface area contributed by atoms with Gasteiger partial charge in [0.05, 0.1) is 13.7 Å². The summed E-state index contributed by atoms with van der Waals surface area (Å²) in [5.74, 6) is -0.577. The van der Waals surface area contributed by atoms with Crippen molar-refractivity contribution in [2.45, 2.75) is 19.0 Å². The van der Waals surface area contributed by atoms with E-state index in [0.29, 0.717) is 17.7 Å². The molecule has 3 aromatic rings. The van der Waals surface area contributed by atoms with Gasteiger partial charge in [0.15, 0.2) is 18.1 Å². The molecule has 3 rings (SSSR count). The van der Waals surface area contributed by atoms with Gasteiger partial charge in [0.2, 0.25) is 11.8 Å². The Morgan fingerprint density at radius 1 is 0.939 bits per heavy atom. The molecule has 174 valence electrons. The van der Waals surface area contributed by atoms with E-state index < -0.39 is 12.8 Å². The standard InChI is InChI=1S/C24H23F3N2O4/c1-32-21-13-16(9-11-20(21)33-15-24(25,26)27)10-12-22(30)28-14-23(31)29-19-8-4-6-17-5-2-3-7-18(17)19/h2-9,11,13H,10,12,14-15H2,1H3,(H,28,30)(H,29,31). The van der Waals surface area contributed by atoms with E-state index in [4.69, 9.17) is 9.47 Å². The normalized spacial score (nSPS) is 11.2. The molecule has 0 spiro atoms. The number of hydrogen-bond acceptors (Lipinski definition) is 4. The Hall–Kier alpha value is -3.75. The zero-order valence-electron chi connectivity index (χ0n) is 17.9. The topological polar surface area (TPSA) is 76.7 Å². The highest BCUT2D eigenvalue weighted by Gasteiger charge is 2.29. The van der Waals surface area contributed by atoms with Gasteiger partial charge in [0.25, 0.3) is 0 Å². The Morgan fingerprint density at radius 2 is 1.70 bits per heavy atom.